The van der Waals surface area contributed by atoms with Crippen LogP contribution in [-0.2, 0) is 0 Å². The fraction of sp³-hybridized carbons (Fsp3) is 1.00. The minimum Gasteiger partial charge on any atom is -1.00 e. The Labute approximate surface area is 170 Å². The maximum Gasteiger partial charge on any atom is 0.152 e. The highest BCUT2D eigenvalue weighted by molar-refractivity contribution is 4.82. The number of nitrogens with zero attached hydrogens (tertiary/aromatic N) is 1. The summed E-state index contributed by atoms with van der Waals surface area (Å²) in [7, 11) is 6.82. The van der Waals surface area contributed by atoms with Crippen molar-refractivity contribution in [2.45, 2.75) is 116 Å². The van der Waals surface area contributed by atoms with Crippen molar-refractivity contribution < 1.29 is 21.5 Å². The zero-order chi connectivity index (χ0) is 18.5. The second-order valence-corrected chi connectivity index (χ2v) is 8.83. The third-order valence-electron chi connectivity index (χ3n) is 6.01. The van der Waals surface area contributed by atoms with Gasteiger partial charge in [-0.05, 0) is 19.3 Å². The van der Waals surface area contributed by atoms with Crippen LogP contribution in [0.2, 0.25) is 0 Å². The quantitative estimate of drug-likeness (QED) is 0.230. The van der Waals surface area contributed by atoms with E-state index in [-0.39, 0.29) is 22.6 Å². The molecule has 0 aliphatic heterocycles. The van der Waals surface area contributed by atoms with E-state index in [9.17, 15) is 0 Å². The number of rotatable bonds is 16. The van der Waals surface area contributed by atoms with Gasteiger partial charge in [-0.25, -0.2) is 0 Å². The lowest BCUT2D eigenvalue weighted by Gasteiger charge is -2.48. The highest BCUT2D eigenvalue weighted by Gasteiger charge is 2.44. The van der Waals surface area contributed by atoms with Gasteiger partial charge in [0.2, 0.25) is 0 Å². The van der Waals surface area contributed by atoms with E-state index < -0.39 is 0 Å². The number of nitrogens with two attached hydrogens (primary N) is 1. The molecule has 3 heteroatoms. The molecule has 0 rings (SSSR count). The number of quaternary nitrogens is 1. The SMILES string of the molecule is CCCCCCCCCCCCC(CC)C(N)(CCC)[N+](C)(C)C.[Br-]. The van der Waals surface area contributed by atoms with Crippen molar-refractivity contribution >= 4 is 0 Å². The summed E-state index contributed by atoms with van der Waals surface area (Å²) < 4.78 is 0.886. The van der Waals surface area contributed by atoms with Gasteiger partial charge in [0, 0.05) is 12.3 Å². The third-order valence-corrected chi connectivity index (χ3v) is 6.01. The van der Waals surface area contributed by atoms with E-state index in [4.69, 9.17) is 5.73 Å². The maximum absolute atomic E-state index is 6.93. The van der Waals surface area contributed by atoms with Gasteiger partial charge in [-0.15, -0.1) is 0 Å². The summed E-state index contributed by atoms with van der Waals surface area (Å²) in [4.78, 5) is 0. The molecule has 0 aromatic carbocycles. The van der Waals surface area contributed by atoms with Crippen LogP contribution >= 0.6 is 0 Å². The number of halogens is 1. The van der Waals surface area contributed by atoms with Gasteiger partial charge in [0.15, 0.2) is 5.66 Å². The van der Waals surface area contributed by atoms with E-state index in [1.165, 1.54) is 83.5 Å². The molecule has 0 fully saturated rings. The maximum atomic E-state index is 6.93. The summed E-state index contributed by atoms with van der Waals surface area (Å²) in [6.07, 6.45) is 19.0. The Bertz CT molecular complexity index is 288. The lowest BCUT2D eigenvalue weighted by atomic mass is 9.81. The average Bonchev–Trinajstić information content (AvgIpc) is 2.51. The summed E-state index contributed by atoms with van der Waals surface area (Å²) in [5, 5.41) is 0. The molecule has 0 spiro atoms. The Hall–Kier alpha value is 0.400. The molecule has 0 saturated heterocycles. The van der Waals surface area contributed by atoms with Crippen LogP contribution in [0.3, 0.4) is 0 Å². The molecule has 2 nitrogen and oxygen atoms in total. The van der Waals surface area contributed by atoms with Crippen LogP contribution in [-0.4, -0.2) is 31.3 Å². The minimum absolute atomic E-state index is 0. The van der Waals surface area contributed by atoms with Gasteiger partial charge >= 0.3 is 0 Å². The monoisotopic (exact) mass is 420 g/mol. The van der Waals surface area contributed by atoms with Crippen LogP contribution < -0.4 is 22.7 Å². The summed E-state index contributed by atoms with van der Waals surface area (Å²) in [5.74, 6) is 0.645. The van der Waals surface area contributed by atoms with Gasteiger partial charge < -0.3 is 21.5 Å². The molecule has 154 valence electrons. The zero-order valence-corrected chi connectivity index (χ0v) is 20.0. The van der Waals surface area contributed by atoms with E-state index in [0.29, 0.717) is 5.92 Å². The Kier molecular flexibility index (Phi) is 17.1. The van der Waals surface area contributed by atoms with E-state index in [0.717, 1.165) is 10.9 Å². The van der Waals surface area contributed by atoms with Crippen molar-refractivity contribution in [2.75, 3.05) is 21.1 Å². The molecule has 0 aromatic heterocycles. The standard InChI is InChI=1S/C22H49N2.BrH/c1-7-10-11-12-13-14-15-16-17-18-19-21(9-3)22(23,20-8-2)24(4,5)6;/h21H,7-20,23H2,1-6H3;1H/q+1;/p-1. The van der Waals surface area contributed by atoms with Crippen LogP contribution in [0, 0.1) is 5.92 Å². The van der Waals surface area contributed by atoms with Crippen LogP contribution in [0.15, 0.2) is 0 Å². The summed E-state index contributed by atoms with van der Waals surface area (Å²) >= 11 is 0. The molecule has 25 heavy (non-hydrogen) atoms. The average molecular weight is 422 g/mol. The highest BCUT2D eigenvalue weighted by Crippen LogP contribution is 2.33. The molecule has 0 radical (unpaired) electrons. The van der Waals surface area contributed by atoms with Crippen molar-refractivity contribution in [3.63, 3.8) is 0 Å². The lowest BCUT2D eigenvalue weighted by Crippen LogP contribution is -3.00. The first-order valence-electron chi connectivity index (χ1n) is 10.9. The first kappa shape index (κ1) is 27.6. The van der Waals surface area contributed by atoms with Gasteiger partial charge in [-0.2, -0.15) is 0 Å². The first-order valence-corrected chi connectivity index (χ1v) is 10.9. The van der Waals surface area contributed by atoms with E-state index in [1.54, 1.807) is 0 Å². The van der Waals surface area contributed by atoms with Crippen LogP contribution in [0.25, 0.3) is 0 Å². The van der Waals surface area contributed by atoms with E-state index >= 15 is 0 Å². The van der Waals surface area contributed by atoms with Gasteiger partial charge in [-0.3, -0.25) is 5.73 Å². The van der Waals surface area contributed by atoms with Crippen molar-refractivity contribution in [3.8, 4) is 0 Å². The molecule has 0 aliphatic rings. The molecule has 0 saturated carbocycles. The summed E-state index contributed by atoms with van der Waals surface area (Å²) in [5.41, 5.74) is 6.87. The Morgan fingerprint density at radius 3 is 1.52 bits per heavy atom. The van der Waals surface area contributed by atoms with Crippen molar-refractivity contribution in [3.05, 3.63) is 0 Å². The topological polar surface area (TPSA) is 26.0 Å². The van der Waals surface area contributed by atoms with Gasteiger partial charge in [0.25, 0.3) is 0 Å². The largest absolute Gasteiger partial charge is 1.00 e. The Morgan fingerprint density at radius 2 is 1.16 bits per heavy atom. The number of hydrogen-bond donors (Lipinski definition) is 1. The predicted molar refractivity (Wildman–Crippen MR) is 110 cm³/mol. The van der Waals surface area contributed by atoms with E-state index in [1.807, 2.05) is 0 Å². The number of hydrogen-bond acceptors (Lipinski definition) is 1. The fourth-order valence-corrected chi connectivity index (χ4v) is 4.17. The molecule has 2 N–H and O–H groups in total. The van der Waals surface area contributed by atoms with Crippen LogP contribution in [0.5, 0.6) is 0 Å². The molecule has 2 unspecified atom stereocenters. The van der Waals surface area contributed by atoms with Crippen molar-refractivity contribution in [1.82, 2.24) is 0 Å². The van der Waals surface area contributed by atoms with Crippen molar-refractivity contribution in [2.24, 2.45) is 11.7 Å². The summed E-state index contributed by atoms with van der Waals surface area (Å²) in [6, 6.07) is 0. The van der Waals surface area contributed by atoms with E-state index in [2.05, 4.69) is 41.9 Å². The van der Waals surface area contributed by atoms with Gasteiger partial charge in [0.1, 0.15) is 0 Å². The van der Waals surface area contributed by atoms with Crippen molar-refractivity contribution in [1.29, 1.82) is 0 Å². The van der Waals surface area contributed by atoms with Gasteiger partial charge in [-0.1, -0.05) is 85.0 Å². The molecular weight excluding hydrogens is 372 g/mol. The zero-order valence-electron chi connectivity index (χ0n) is 18.4. The second-order valence-electron chi connectivity index (χ2n) is 8.83. The van der Waals surface area contributed by atoms with Crippen LogP contribution in [0.4, 0.5) is 0 Å². The minimum atomic E-state index is -0.0667. The predicted octanol–water partition coefficient (Wildman–Crippen LogP) is 3.49. The molecule has 0 aromatic rings. The Morgan fingerprint density at radius 1 is 0.720 bits per heavy atom. The summed E-state index contributed by atoms with van der Waals surface area (Å²) in [6.45, 7) is 6.89. The smallest absolute Gasteiger partial charge is 0.152 e. The third kappa shape index (κ3) is 11.0. The molecule has 2 atom stereocenters. The van der Waals surface area contributed by atoms with Gasteiger partial charge in [0.05, 0.1) is 21.1 Å². The molecule has 0 bridgehead atoms. The van der Waals surface area contributed by atoms with Crippen LogP contribution in [0.1, 0.15) is 111 Å². The highest BCUT2D eigenvalue weighted by atomic mass is 79.9. The Balaban J connectivity index is 0. The normalized spacial score (nSPS) is 15.5. The molecular formula is C22H49BrN2. The fourth-order valence-electron chi connectivity index (χ4n) is 4.17. The first-order chi connectivity index (χ1) is 11.3. The lowest BCUT2D eigenvalue weighted by molar-refractivity contribution is -0.929. The molecule has 0 amide bonds. The second kappa shape index (κ2) is 15.5. The molecule has 0 heterocycles. The number of unbranched alkanes of at least 4 members (excludes halogenated alkanes) is 9. The molecule has 0 aliphatic carbocycles.